The highest BCUT2D eigenvalue weighted by molar-refractivity contribution is 7.99. The first-order valence-corrected chi connectivity index (χ1v) is 8.06. The summed E-state index contributed by atoms with van der Waals surface area (Å²) in [6.45, 7) is 6.72. The van der Waals surface area contributed by atoms with Gasteiger partial charge in [-0.2, -0.15) is 16.7 Å². The Morgan fingerprint density at radius 2 is 2.11 bits per heavy atom. The quantitative estimate of drug-likeness (QED) is 0.865. The summed E-state index contributed by atoms with van der Waals surface area (Å²) in [5, 5.41) is 14.0. The van der Waals surface area contributed by atoms with Gasteiger partial charge in [-0.3, -0.25) is 0 Å². The van der Waals surface area contributed by atoms with E-state index in [2.05, 4.69) is 24.0 Å². The number of nitrogens with zero attached hydrogens (tertiary/aromatic N) is 2. The van der Waals surface area contributed by atoms with Crippen molar-refractivity contribution < 1.29 is 14.4 Å². The van der Waals surface area contributed by atoms with E-state index in [4.69, 9.17) is 9.26 Å². The Kier molecular flexibility index (Phi) is 4.86. The summed E-state index contributed by atoms with van der Waals surface area (Å²) in [7, 11) is 0. The number of rotatable bonds is 6. The topological polar surface area (TPSA) is 68.4 Å². The zero-order valence-corrected chi connectivity index (χ0v) is 12.6. The SMILES string of the molecule is CCOC(CC)(CC)c1noc(C2CSCC2O)n1. The fourth-order valence-electron chi connectivity index (χ4n) is 2.46. The number of hydrogen-bond donors (Lipinski definition) is 1. The van der Waals surface area contributed by atoms with Gasteiger partial charge in [0.1, 0.15) is 5.60 Å². The van der Waals surface area contributed by atoms with Crippen LogP contribution < -0.4 is 0 Å². The lowest BCUT2D eigenvalue weighted by Crippen LogP contribution is -2.30. The molecule has 1 N–H and O–H groups in total. The van der Waals surface area contributed by atoms with Crippen LogP contribution in [-0.2, 0) is 10.3 Å². The average molecular weight is 286 g/mol. The predicted molar refractivity (Wildman–Crippen MR) is 74.3 cm³/mol. The van der Waals surface area contributed by atoms with Gasteiger partial charge in [0.25, 0.3) is 0 Å². The van der Waals surface area contributed by atoms with Crippen molar-refractivity contribution in [2.75, 3.05) is 18.1 Å². The molecule has 2 rings (SSSR count). The highest BCUT2D eigenvalue weighted by atomic mass is 32.2. The second-order valence-corrected chi connectivity index (χ2v) is 5.88. The van der Waals surface area contributed by atoms with Crippen molar-refractivity contribution in [1.29, 1.82) is 0 Å². The predicted octanol–water partition coefficient (Wildman–Crippen LogP) is 2.31. The molecule has 0 saturated carbocycles. The molecule has 6 heteroatoms. The summed E-state index contributed by atoms with van der Waals surface area (Å²) >= 11 is 1.71. The Morgan fingerprint density at radius 3 is 2.63 bits per heavy atom. The van der Waals surface area contributed by atoms with Gasteiger partial charge in [-0.05, 0) is 19.8 Å². The van der Waals surface area contributed by atoms with Crippen molar-refractivity contribution >= 4 is 11.8 Å². The monoisotopic (exact) mass is 286 g/mol. The summed E-state index contributed by atoms with van der Waals surface area (Å²) in [4.78, 5) is 4.50. The van der Waals surface area contributed by atoms with Crippen molar-refractivity contribution in [1.82, 2.24) is 10.1 Å². The second kappa shape index (κ2) is 6.24. The van der Waals surface area contributed by atoms with E-state index in [1.807, 2.05) is 6.92 Å². The van der Waals surface area contributed by atoms with Gasteiger partial charge in [-0.1, -0.05) is 19.0 Å². The molecule has 1 aliphatic heterocycles. The van der Waals surface area contributed by atoms with Crippen LogP contribution in [0.25, 0.3) is 0 Å². The fraction of sp³-hybridized carbons (Fsp3) is 0.846. The Morgan fingerprint density at radius 1 is 1.37 bits per heavy atom. The molecule has 0 radical (unpaired) electrons. The van der Waals surface area contributed by atoms with E-state index < -0.39 is 5.60 Å². The third kappa shape index (κ3) is 2.80. The van der Waals surface area contributed by atoms with Crippen LogP contribution in [0.5, 0.6) is 0 Å². The van der Waals surface area contributed by atoms with Crippen LogP contribution in [0.4, 0.5) is 0 Å². The second-order valence-electron chi connectivity index (χ2n) is 4.80. The van der Waals surface area contributed by atoms with Crippen LogP contribution in [0.15, 0.2) is 4.52 Å². The summed E-state index contributed by atoms with van der Waals surface area (Å²) in [6, 6.07) is 0. The lowest BCUT2D eigenvalue weighted by atomic mass is 9.96. The zero-order chi connectivity index (χ0) is 13.9. The van der Waals surface area contributed by atoms with Gasteiger partial charge in [0.15, 0.2) is 0 Å². The van der Waals surface area contributed by atoms with Crippen LogP contribution in [0.3, 0.4) is 0 Å². The molecule has 0 bridgehead atoms. The molecule has 0 aliphatic carbocycles. The molecule has 2 unspecified atom stereocenters. The van der Waals surface area contributed by atoms with Crippen LogP contribution >= 0.6 is 11.8 Å². The van der Waals surface area contributed by atoms with Crippen LogP contribution in [0.1, 0.15) is 51.2 Å². The van der Waals surface area contributed by atoms with E-state index >= 15 is 0 Å². The Bertz CT molecular complexity index is 406. The minimum Gasteiger partial charge on any atom is -0.391 e. The maximum atomic E-state index is 9.89. The van der Waals surface area contributed by atoms with Gasteiger partial charge in [-0.15, -0.1) is 0 Å². The molecule has 1 fully saturated rings. The van der Waals surface area contributed by atoms with Gasteiger partial charge in [0.2, 0.25) is 11.7 Å². The summed E-state index contributed by atoms with van der Waals surface area (Å²) in [5.74, 6) is 2.68. The van der Waals surface area contributed by atoms with E-state index in [-0.39, 0.29) is 12.0 Å². The van der Waals surface area contributed by atoms with Crippen molar-refractivity contribution in [3.05, 3.63) is 11.7 Å². The molecular formula is C13H22N2O3S. The van der Waals surface area contributed by atoms with E-state index in [1.54, 1.807) is 11.8 Å². The molecule has 2 heterocycles. The van der Waals surface area contributed by atoms with E-state index in [0.717, 1.165) is 24.3 Å². The highest BCUT2D eigenvalue weighted by Gasteiger charge is 2.37. The normalized spacial score (nSPS) is 24.0. The number of hydrogen-bond acceptors (Lipinski definition) is 6. The summed E-state index contributed by atoms with van der Waals surface area (Å²) < 4.78 is 11.2. The third-order valence-electron chi connectivity index (χ3n) is 3.78. The van der Waals surface area contributed by atoms with Gasteiger partial charge in [-0.25, -0.2) is 0 Å². The van der Waals surface area contributed by atoms with Crippen molar-refractivity contribution in [2.45, 2.75) is 51.2 Å². The standard InChI is InChI=1S/C13H22N2O3S/c1-4-13(5-2,17-6-3)12-14-11(18-15-12)9-7-19-8-10(9)16/h9-10,16H,4-8H2,1-3H3. The maximum absolute atomic E-state index is 9.89. The Labute approximate surface area is 118 Å². The molecule has 108 valence electrons. The number of thioether (sulfide) groups is 1. The smallest absolute Gasteiger partial charge is 0.233 e. The fourth-order valence-corrected chi connectivity index (χ4v) is 3.69. The van der Waals surface area contributed by atoms with Crippen LogP contribution in [0, 0.1) is 0 Å². The molecule has 1 aliphatic rings. The average Bonchev–Trinajstić information content (AvgIpc) is 3.04. The van der Waals surface area contributed by atoms with Gasteiger partial charge in [0.05, 0.1) is 12.0 Å². The highest BCUT2D eigenvalue weighted by Crippen LogP contribution is 2.35. The first-order valence-electron chi connectivity index (χ1n) is 6.90. The molecule has 1 saturated heterocycles. The molecule has 0 spiro atoms. The van der Waals surface area contributed by atoms with Crippen molar-refractivity contribution in [3.63, 3.8) is 0 Å². The molecule has 19 heavy (non-hydrogen) atoms. The Balaban J connectivity index is 2.23. The molecule has 0 aromatic carbocycles. The molecule has 2 atom stereocenters. The lowest BCUT2D eigenvalue weighted by Gasteiger charge is -2.27. The zero-order valence-electron chi connectivity index (χ0n) is 11.8. The number of aromatic nitrogens is 2. The first-order chi connectivity index (χ1) is 9.16. The first kappa shape index (κ1) is 14.8. The molecular weight excluding hydrogens is 264 g/mol. The van der Waals surface area contributed by atoms with Crippen LogP contribution in [0.2, 0.25) is 0 Å². The van der Waals surface area contributed by atoms with Gasteiger partial charge >= 0.3 is 0 Å². The van der Waals surface area contributed by atoms with E-state index in [0.29, 0.717) is 18.3 Å². The third-order valence-corrected chi connectivity index (χ3v) is 4.95. The molecule has 0 amide bonds. The largest absolute Gasteiger partial charge is 0.391 e. The number of aliphatic hydroxyl groups is 1. The van der Waals surface area contributed by atoms with Crippen molar-refractivity contribution in [2.24, 2.45) is 0 Å². The Hall–Kier alpha value is -0.590. The number of aliphatic hydroxyl groups excluding tert-OH is 1. The van der Waals surface area contributed by atoms with Gasteiger partial charge < -0.3 is 14.4 Å². The molecule has 5 nitrogen and oxygen atoms in total. The molecule has 1 aromatic heterocycles. The summed E-state index contributed by atoms with van der Waals surface area (Å²) in [6.07, 6.45) is 1.22. The number of ether oxygens (including phenoxy) is 1. The minimum absolute atomic E-state index is 0.0423. The lowest BCUT2D eigenvalue weighted by molar-refractivity contribution is -0.0583. The van der Waals surface area contributed by atoms with E-state index in [1.165, 1.54) is 0 Å². The summed E-state index contributed by atoms with van der Waals surface area (Å²) in [5.41, 5.74) is -0.465. The van der Waals surface area contributed by atoms with E-state index in [9.17, 15) is 5.11 Å². The van der Waals surface area contributed by atoms with Gasteiger partial charge in [0, 0.05) is 18.1 Å². The van der Waals surface area contributed by atoms with Crippen molar-refractivity contribution in [3.8, 4) is 0 Å². The molecule has 1 aromatic rings. The van der Waals surface area contributed by atoms with Crippen LogP contribution in [-0.4, -0.2) is 39.5 Å². The maximum Gasteiger partial charge on any atom is 0.233 e. The minimum atomic E-state index is -0.465.